The van der Waals surface area contributed by atoms with Gasteiger partial charge in [0.2, 0.25) is 0 Å². The summed E-state index contributed by atoms with van der Waals surface area (Å²) in [5.74, 6) is 0.296. The summed E-state index contributed by atoms with van der Waals surface area (Å²) in [5, 5.41) is 0. The molecular weight excluding hydrogens is 196 g/mol. The SMILES string of the molecule is C=C(C)C1CCc2ccccc2C1=O.CC. The molecule has 0 N–H and O–H groups in total. The van der Waals surface area contributed by atoms with Crippen molar-refractivity contribution in [2.75, 3.05) is 0 Å². The van der Waals surface area contributed by atoms with Crippen LogP contribution in [0.5, 0.6) is 0 Å². The first kappa shape index (κ1) is 12.7. The van der Waals surface area contributed by atoms with Gasteiger partial charge in [0.15, 0.2) is 5.78 Å². The van der Waals surface area contributed by atoms with E-state index in [1.807, 2.05) is 45.0 Å². The topological polar surface area (TPSA) is 17.1 Å². The molecule has 0 saturated carbocycles. The van der Waals surface area contributed by atoms with Gasteiger partial charge in [-0.05, 0) is 25.3 Å². The van der Waals surface area contributed by atoms with Crippen LogP contribution in [-0.4, -0.2) is 5.78 Å². The van der Waals surface area contributed by atoms with Gasteiger partial charge in [0.25, 0.3) is 0 Å². The van der Waals surface area contributed by atoms with E-state index in [0.717, 1.165) is 24.0 Å². The summed E-state index contributed by atoms with van der Waals surface area (Å²) in [6, 6.07) is 7.89. The highest BCUT2D eigenvalue weighted by atomic mass is 16.1. The number of fused-ring (bicyclic) bond motifs is 1. The number of ketones is 1. The number of carbonyl (C=O) groups excluding carboxylic acids is 1. The van der Waals surface area contributed by atoms with E-state index in [2.05, 4.69) is 6.58 Å². The number of allylic oxidation sites excluding steroid dienone is 1. The molecule has 0 amide bonds. The smallest absolute Gasteiger partial charge is 0.170 e. The quantitative estimate of drug-likeness (QED) is 0.648. The first-order chi connectivity index (χ1) is 7.70. The molecule has 0 heterocycles. The van der Waals surface area contributed by atoms with Gasteiger partial charge in [0.05, 0.1) is 0 Å². The molecule has 1 aromatic rings. The maximum atomic E-state index is 12.0. The van der Waals surface area contributed by atoms with Crippen LogP contribution in [0.25, 0.3) is 0 Å². The van der Waals surface area contributed by atoms with E-state index in [0.29, 0.717) is 0 Å². The largest absolute Gasteiger partial charge is 0.294 e. The molecule has 1 aliphatic carbocycles. The summed E-state index contributed by atoms with van der Waals surface area (Å²) in [5.41, 5.74) is 3.08. The van der Waals surface area contributed by atoms with E-state index in [1.54, 1.807) is 0 Å². The predicted molar refractivity (Wildman–Crippen MR) is 68.7 cm³/mol. The van der Waals surface area contributed by atoms with Crippen LogP contribution in [0.1, 0.15) is 43.1 Å². The summed E-state index contributed by atoms with van der Waals surface area (Å²) >= 11 is 0. The zero-order chi connectivity index (χ0) is 12.1. The second-order valence-corrected chi connectivity index (χ2v) is 3.96. The lowest BCUT2D eigenvalue weighted by Crippen LogP contribution is -2.22. The maximum Gasteiger partial charge on any atom is 0.170 e. The molecule has 0 fully saturated rings. The van der Waals surface area contributed by atoms with Crippen molar-refractivity contribution in [2.45, 2.75) is 33.6 Å². The van der Waals surface area contributed by atoms with Crippen molar-refractivity contribution in [3.8, 4) is 0 Å². The number of rotatable bonds is 1. The van der Waals surface area contributed by atoms with Crippen LogP contribution in [0.15, 0.2) is 36.4 Å². The zero-order valence-corrected chi connectivity index (χ0v) is 10.4. The van der Waals surface area contributed by atoms with Gasteiger partial charge in [-0.3, -0.25) is 4.79 Å². The van der Waals surface area contributed by atoms with E-state index in [-0.39, 0.29) is 11.7 Å². The minimum absolute atomic E-state index is 0.0462. The normalized spacial score (nSPS) is 18.2. The highest BCUT2D eigenvalue weighted by molar-refractivity contribution is 6.01. The second-order valence-electron chi connectivity index (χ2n) is 3.96. The van der Waals surface area contributed by atoms with E-state index in [1.165, 1.54) is 5.56 Å². The first-order valence-corrected chi connectivity index (χ1v) is 5.97. The Morgan fingerprint density at radius 1 is 1.31 bits per heavy atom. The Morgan fingerprint density at radius 2 is 1.94 bits per heavy atom. The molecule has 2 rings (SSSR count). The fourth-order valence-electron chi connectivity index (χ4n) is 2.07. The summed E-state index contributed by atoms with van der Waals surface area (Å²) in [7, 11) is 0. The van der Waals surface area contributed by atoms with Gasteiger partial charge >= 0.3 is 0 Å². The molecule has 16 heavy (non-hydrogen) atoms. The number of carbonyl (C=O) groups is 1. The summed E-state index contributed by atoms with van der Waals surface area (Å²) in [4.78, 5) is 12.0. The van der Waals surface area contributed by atoms with Crippen LogP contribution in [0.2, 0.25) is 0 Å². The van der Waals surface area contributed by atoms with Crippen molar-refractivity contribution in [1.29, 1.82) is 0 Å². The average Bonchev–Trinajstić information content (AvgIpc) is 2.32. The summed E-state index contributed by atoms with van der Waals surface area (Å²) in [6.45, 7) is 9.82. The van der Waals surface area contributed by atoms with Crippen molar-refractivity contribution >= 4 is 5.78 Å². The highest BCUT2D eigenvalue weighted by Crippen LogP contribution is 2.28. The fraction of sp³-hybridized carbons (Fsp3) is 0.400. The number of Topliss-reactive ketones (excluding diaryl/α,β-unsaturated/α-hetero) is 1. The third kappa shape index (κ3) is 2.41. The molecule has 1 unspecified atom stereocenters. The lowest BCUT2D eigenvalue weighted by molar-refractivity contribution is 0.0924. The molecule has 1 heteroatoms. The second kappa shape index (κ2) is 5.64. The lowest BCUT2D eigenvalue weighted by atomic mass is 9.80. The van der Waals surface area contributed by atoms with Gasteiger partial charge < -0.3 is 0 Å². The van der Waals surface area contributed by atoms with Crippen molar-refractivity contribution in [3.63, 3.8) is 0 Å². The molecule has 0 saturated heterocycles. The van der Waals surface area contributed by atoms with Gasteiger partial charge in [-0.25, -0.2) is 0 Å². The Labute approximate surface area is 98.2 Å². The van der Waals surface area contributed by atoms with Crippen LogP contribution in [0.3, 0.4) is 0 Å². The molecular formula is C15H20O. The van der Waals surface area contributed by atoms with Gasteiger partial charge in [-0.2, -0.15) is 0 Å². The van der Waals surface area contributed by atoms with Crippen LogP contribution in [0, 0.1) is 5.92 Å². The number of benzene rings is 1. The van der Waals surface area contributed by atoms with Gasteiger partial charge in [0.1, 0.15) is 0 Å². The van der Waals surface area contributed by atoms with Gasteiger partial charge in [-0.1, -0.05) is 50.3 Å². The average molecular weight is 216 g/mol. The summed E-state index contributed by atoms with van der Waals surface area (Å²) < 4.78 is 0. The molecule has 0 radical (unpaired) electrons. The van der Waals surface area contributed by atoms with Crippen molar-refractivity contribution in [2.24, 2.45) is 5.92 Å². The third-order valence-corrected chi connectivity index (χ3v) is 2.90. The Kier molecular flexibility index (Phi) is 4.48. The Hall–Kier alpha value is -1.37. The van der Waals surface area contributed by atoms with E-state index >= 15 is 0 Å². The molecule has 1 atom stereocenters. The standard InChI is InChI=1S/C13H14O.C2H6/c1-9(2)11-8-7-10-5-3-4-6-12(10)13(11)14;1-2/h3-6,11H,1,7-8H2,2H3;1-2H3. The van der Waals surface area contributed by atoms with Crippen molar-refractivity contribution < 1.29 is 4.79 Å². The minimum atomic E-state index is 0.0462. The molecule has 86 valence electrons. The molecule has 1 aromatic carbocycles. The fourth-order valence-corrected chi connectivity index (χ4v) is 2.07. The Morgan fingerprint density at radius 3 is 2.56 bits per heavy atom. The van der Waals surface area contributed by atoms with Crippen LogP contribution >= 0.6 is 0 Å². The van der Waals surface area contributed by atoms with E-state index in [9.17, 15) is 4.79 Å². The molecule has 0 aromatic heterocycles. The van der Waals surface area contributed by atoms with E-state index < -0.39 is 0 Å². The van der Waals surface area contributed by atoms with E-state index in [4.69, 9.17) is 0 Å². The predicted octanol–water partition coefficient (Wildman–Crippen LogP) is 4.03. The molecule has 0 spiro atoms. The minimum Gasteiger partial charge on any atom is -0.294 e. The lowest BCUT2D eigenvalue weighted by Gasteiger charge is -2.23. The van der Waals surface area contributed by atoms with Gasteiger partial charge in [0, 0.05) is 11.5 Å². The van der Waals surface area contributed by atoms with Crippen molar-refractivity contribution in [1.82, 2.24) is 0 Å². The van der Waals surface area contributed by atoms with Crippen LogP contribution in [0.4, 0.5) is 0 Å². The third-order valence-electron chi connectivity index (χ3n) is 2.90. The van der Waals surface area contributed by atoms with Crippen molar-refractivity contribution in [3.05, 3.63) is 47.5 Å². The maximum absolute atomic E-state index is 12.0. The highest BCUT2D eigenvalue weighted by Gasteiger charge is 2.26. The summed E-state index contributed by atoms with van der Waals surface area (Å²) in [6.07, 6.45) is 1.92. The molecule has 0 bridgehead atoms. The Balaban J connectivity index is 0.000000606. The Bertz CT molecular complexity index is 390. The molecule has 0 aliphatic heterocycles. The van der Waals surface area contributed by atoms with Crippen LogP contribution in [-0.2, 0) is 6.42 Å². The number of hydrogen-bond acceptors (Lipinski definition) is 1. The molecule has 1 nitrogen and oxygen atoms in total. The number of aryl methyl sites for hydroxylation is 1. The zero-order valence-electron chi connectivity index (χ0n) is 10.4. The van der Waals surface area contributed by atoms with Gasteiger partial charge in [-0.15, -0.1) is 0 Å². The molecule has 1 aliphatic rings. The van der Waals surface area contributed by atoms with Crippen LogP contribution < -0.4 is 0 Å². The monoisotopic (exact) mass is 216 g/mol. The first-order valence-electron chi connectivity index (χ1n) is 5.97. The number of hydrogen-bond donors (Lipinski definition) is 0.